The van der Waals surface area contributed by atoms with Gasteiger partial charge in [0, 0.05) is 25.1 Å². The summed E-state index contributed by atoms with van der Waals surface area (Å²) in [7, 11) is 0. The molecule has 0 radical (unpaired) electrons. The van der Waals surface area contributed by atoms with Gasteiger partial charge in [-0.3, -0.25) is 4.79 Å². The summed E-state index contributed by atoms with van der Waals surface area (Å²) in [5, 5.41) is 7.40. The molecule has 1 aromatic rings. The third-order valence-electron chi connectivity index (χ3n) is 5.86. The topological polar surface area (TPSA) is 50.2 Å². The van der Waals surface area contributed by atoms with E-state index in [1.807, 2.05) is 4.90 Å². The number of aromatic nitrogens is 2. The lowest BCUT2D eigenvalue weighted by Gasteiger charge is -2.31. The van der Waals surface area contributed by atoms with Gasteiger partial charge in [0.15, 0.2) is 6.04 Å². The molecule has 1 aliphatic carbocycles. The van der Waals surface area contributed by atoms with E-state index in [1.165, 1.54) is 0 Å². The van der Waals surface area contributed by atoms with Gasteiger partial charge in [0.2, 0.25) is 5.91 Å². The van der Waals surface area contributed by atoms with E-state index in [1.54, 1.807) is 13.0 Å². The molecular formula is C19H25F3N4O. The number of likely N-dealkylation sites (tertiary alicyclic amines) is 1. The summed E-state index contributed by atoms with van der Waals surface area (Å²) in [5.41, 5.74) is 0.564. The van der Waals surface area contributed by atoms with E-state index in [2.05, 4.69) is 22.6 Å². The van der Waals surface area contributed by atoms with Crippen LogP contribution in [-0.4, -0.2) is 39.4 Å². The molecule has 1 fully saturated rings. The van der Waals surface area contributed by atoms with Crippen LogP contribution in [0.5, 0.6) is 0 Å². The molecular weight excluding hydrogens is 357 g/mol. The van der Waals surface area contributed by atoms with Gasteiger partial charge in [0.05, 0.1) is 11.7 Å². The van der Waals surface area contributed by atoms with Crippen molar-refractivity contribution in [1.82, 2.24) is 14.7 Å². The Morgan fingerprint density at radius 2 is 2.19 bits per heavy atom. The van der Waals surface area contributed by atoms with Crippen LogP contribution < -0.4 is 5.32 Å². The lowest BCUT2D eigenvalue weighted by Crippen LogP contribution is -2.38. The molecule has 0 aromatic carbocycles. The molecule has 0 bridgehead atoms. The summed E-state index contributed by atoms with van der Waals surface area (Å²) >= 11 is 0. The van der Waals surface area contributed by atoms with Crippen molar-refractivity contribution in [2.75, 3.05) is 11.9 Å². The number of anilines is 1. The summed E-state index contributed by atoms with van der Waals surface area (Å²) < 4.78 is 41.4. The highest BCUT2D eigenvalue weighted by molar-refractivity contribution is 5.77. The fourth-order valence-electron chi connectivity index (χ4n) is 4.52. The third-order valence-corrected chi connectivity index (χ3v) is 5.86. The summed E-state index contributed by atoms with van der Waals surface area (Å²) in [6.45, 7) is 2.39. The first-order chi connectivity index (χ1) is 12.8. The first-order valence-corrected chi connectivity index (χ1v) is 9.71. The predicted octanol–water partition coefficient (Wildman–Crippen LogP) is 4.21. The molecule has 27 heavy (non-hydrogen) atoms. The molecule has 1 amide bonds. The Hall–Kier alpha value is -1.99. The van der Waals surface area contributed by atoms with Crippen molar-refractivity contribution in [3.05, 3.63) is 23.9 Å². The van der Waals surface area contributed by atoms with Crippen molar-refractivity contribution in [2.45, 2.75) is 69.8 Å². The number of halogens is 3. The summed E-state index contributed by atoms with van der Waals surface area (Å²) in [4.78, 5) is 14.6. The second-order valence-corrected chi connectivity index (χ2v) is 7.95. The first kappa shape index (κ1) is 18.4. The van der Waals surface area contributed by atoms with Crippen LogP contribution in [0.2, 0.25) is 0 Å². The molecule has 3 aliphatic rings. The average molecular weight is 382 g/mol. The number of rotatable bonds is 3. The molecule has 5 nitrogen and oxygen atoms in total. The van der Waals surface area contributed by atoms with Crippen molar-refractivity contribution in [2.24, 2.45) is 5.92 Å². The van der Waals surface area contributed by atoms with Gasteiger partial charge in [0.1, 0.15) is 5.82 Å². The lowest BCUT2D eigenvalue weighted by molar-refractivity contribution is -0.173. The molecule has 1 aromatic heterocycles. The van der Waals surface area contributed by atoms with E-state index < -0.39 is 12.2 Å². The molecule has 1 saturated heterocycles. The van der Waals surface area contributed by atoms with Crippen LogP contribution >= 0.6 is 0 Å². The molecule has 8 heteroatoms. The Morgan fingerprint density at radius 3 is 2.89 bits per heavy atom. The molecule has 4 atom stereocenters. The monoisotopic (exact) mass is 382 g/mol. The van der Waals surface area contributed by atoms with E-state index in [4.69, 9.17) is 0 Å². The van der Waals surface area contributed by atoms with Gasteiger partial charge in [-0.25, -0.2) is 4.68 Å². The molecule has 148 valence electrons. The van der Waals surface area contributed by atoms with Crippen molar-refractivity contribution >= 4 is 11.7 Å². The highest BCUT2D eigenvalue weighted by Gasteiger charge is 2.46. The van der Waals surface area contributed by atoms with E-state index in [0.717, 1.165) is 30.4 Å². The number of carbonyl (C=O) groups excluding carboxylic acids is 1. The second kappa shape index (κ2) is 6.87. The number of allylic oxidation sites excluding steroid dienone is 2. The molecule has 0 unspecified atom stereocenters. The Balaban J connectivity index is 1.56. The van der Waals surface area contributed by atoms with Crippen LogP contribution in [-0.2, 0) is 4.79 Å². The number of fused-ring (bicyclic) bond motifs is 1. The number of hydrogen-bond acceptors (Lipinski definition) is 3. The zero-order valence-electron chi connectivity index (χ0n) is 15.4. The third kappa shape index (κ3) is 3.58. The van der Waals surface area contributed by atoms with Gasteiger partial charge >= 0.3 is 6.18 Å². The van der Waals surface area contributed by atoms with Crippen molar-refractivity contribution in [3.63, 3.8) is 0 Å². The Morgan fingerprint density at radius 1 is 1.37 bits per heavy atom. The van der Waals surface area contributed by atoms with Gasteiger partial charge < -0.3 is 10.2 Å². The number of hydrogen-bond donors (Lipinski definition) is 1. The maximum Gasteiger partial charge on any atom is 0.410 e. The Bertz CT molecular complexity index is 742. The van der Waals surface area contributed by atoms with Crippen LogP contribution in [0.1, 0.15) is 63.2 Å². The molecule has 0 saturated carbocycles. The average Bonchev–Trinajstić information content (AvgIpc) is 3.32. The maximum absolute atomic E-state index is 13.5. The Kier molecular flexibility index (Phi) is 4.68. The van der Waals surface area contributed by atoms with Crippen LogP contribution in [0.25, 0.3) is 0 Å². The molecule has 4 rings (SSSR count). The van der Waals surface area contributed by atoms with Crippen LogP contribution in [0.15, 0.2) is 18.2 Å². The normalized spacial score (nSPS) is 30.4. The van der Waals surface area contributed by atoms with Gasteiger partial charge in [-0.1, -0.05) is 12.2 Å². The highest BCUT2D eigenvalue weighted by atomic mass is 19.4. The van der Waals surface area contributed by atoms with Gasteiger partial charge in [-0.2, -0.15) is 18.3 Å². The SMILES string of the molecule is C[C@@H]1C[C@H](C(F)(F)F)n2nc([C@H]3CCCN3C(=O)C[C@H]3C=CCC3)cc2N1. The van der Waals surface area contributed by atoms with Gasteiger partial charge in [-0.15, -0.1) is 0 Å². The molecule has 2 aliphatic heterocycles. The summed E-state index contributed by atoms with van der Waals surface area (Å²) in [6, 6.07) is -0.428. The first-order valence-electron chi connectivity index (χ1n) is 9.71. The van der Waals surface area contributed by atoms with E-state index >= 15 is 0 Å². The summed E-state index contributed by atoms with van der Waals surface area (Å²) in [6.07, 6.45) is 3.90. The lowest BCUT2D eigenvalue weighted by atomic mass is 10.0. The minimum Gasteiger partial charge on any atom is -0.368 e. The molecule has 1 N–H and O–H groups in total. The zero-order valence-corrected chi connectivity index (χ0v) is 15.4. The fraction of sp³-hybridized carbons (Fsp3) is 0.684. The van der Waals surface area contributed by atoms with Gasteiger partial charge in [0.25, 0.3) is 0 Å². The van der Waals surface area contributed by atoms with Crippen LogP contribution in [0, 0.1) is 5.92 Å². The smallest absolute Gasteiger partial charge is 0.368 e. The number of nitrogens with zero attached hydrogens (tertiary/aromatic N) is 3. The van der Waals surface area contributed by atoms with Crippen molar-refractivity contribution < 1.29 is 18.0 Å². The standard InChI is InChI=1S/C19H25F3N4O/c1-12-9-16(19(20,21)22)26-17(23-12)11-14(24-26)15-7-4-8-25(15)18(27)10-13-5-2-3-6-13/h2,5,11-13,15-16,23H,3-4,6-10H2,1H3/t12-,13+,15-,16-/m1/s1. The number of alkyl halides is 3. The highest BCUT2D eigenvalue weighted by Crippen LogP contribution is 2.41. The van der Waals surface area contributed by atoms with Crippen molar-refractivity contribution in [1.29, 1.82) is 0 Å². The molecule has 3 heterocycles. The maximum atomic E-state index is 13.5. The second-order valence-electron chi connectivity index (χ2n) is 7.95. The van der Waals surface area contributed by atoms with Crippen LogP contribution in [0.3, 0.4) is 0 Å². The Labute approximate surface area is 156 Å². The summed E-state index contributed by atoms with van der Waals surface area (Å²) in [5.74, 6) is 0.754. The minimum absolute atomic E-state index is 0.0427. The number of amides is 1. The fourth-order valence-corrected chi connectivity index (χ4v) is 4.52. The van der Waals surface area contributed by atoms with Crippen molar-refractivity contribution in [3.8, 4) is 0 Å². The van der Waals surface area contributed by atoms with E-state index in [0.29, 0.717) is 24.5 Å². The quantitative estimate of drug-likeness (QED) is 0.797. The zero-order chi connectivity index (χ0) is 19.2. The van der Waals surface area contributed by atoms with Gasteiger partial charge in [-0.05, 0) is 44.9 Å². The minimum atomic E-state index is -4.34. The van der Waals surface area contributed by atoms with Crippen LogP contribution in [0.4, 0.5) is 19.0 Å². The number of carbonyl (C=O) groups is 1. The number of nitrogens with one attached hydrogen (secondary N) is 1. The van der Waals surface area contributed by atoms with E-state index in [9.17, 15) is 18.0 Å². The van der Waals surface area contributed by atoms with E-state index in [-0.39, 0.29) is 30.3 Å². The largest absolute Gasteiger partial charge is 0.410 e. The predicted molar refractivity (Wildman–Crippen MR) is 95.2 cm³/mol. The molecule has 0 spiro atoms.